The molecule has 4 rings (SSSR count). The van der Waals surface area contributed by atoms with Crippen molar-refractivity contribution in [3.05, 3.63) is 95.1 Å². The fourth-order valence-electron chi connectivity index (χ4n) is 4.81. The smallest absolute Gasteiger partial charge is 0.253 e. The molecule has 3 aromatic rings. The number of para-hydroxylation sites is 2. The van der Waals surface area contributed by atoms with Crippen LogP contribution in [-0.4, -0.2) is 48.8 Å². The summed E-state index contributed by atoms with van der Waals surface area (Å²) >= 11 is 0. The Labute approximate surface area is 213 Å². The van der Waals surface area contributed by atoms with Gasteiger partial charge in [-0.15, -0.1) is 0 Å². The Morgan fingerprint density at radius 3 is 2.53 bits per heavy atom. The van der Waals surface area contributed by atoms with E-state index in [0.717, 1.165) is 30.6 Å². The second kappa shape index (κ2) is 11.7. The third-order valence-electron chi connectivity index (χ3n) is 6.88. The molecule has 1 aliphatic rings. The molecule has 6 nitrogen and oxygen atoms in total. The molecular formula is C30H36N2O4. The maximum Gasteiger partial charge on any atom is 0.253 e. The van der Waals surface area contributed by atoms with Crippen LogP contribution in [0.4, 0.5) is 0 Å². The van der Waals surface area contributed by atoms with Crippen molar-refractivity contribution in [3.63, 3.8) is 0 Å². The number of amides is 1. The Hall–Kier alpha value is -3.19. The number of carbonyl (C=O) groups excluding carboxylic acids is 1. The number of likely N-dealkylation sites (tertiary alicyclic amines) is 1. The normalized spacial score (nSPS) is 17.1. The molecule has 0 radical (unpaired) electrons. The average molecular weight is 489 g/mol. The topological polar surface area (TPSA) is 85.0 Å². The molecule has 6 heteroatoms. The average Bonchev–Trinajstić information content (AvgIpc) is 3.34. The van der Waals surface area contributed by atoms with Crippen LogP contribution >= 0.6 is 0 Å². The van der Waals surface area contributed by atoms with Gasteiger partial charge in [0.1, 0.15) is 17.1 Å². The molecule has 36 heavy (non-hydrogen) atoms. The van der Waals surface area contributed by atoms with Gasteiger partial charge in [0.25, 0.3) is 5.91 Å². The minimum absolute atomic E-state index is 0.0142. The Bertz CT molecular complexity index is 1180. The van der Waals surface area contributed by atoms with Crippen molar-refractivity contribution in [1.82, 2.24) is 4.90 Å². The van der Waals surface area contributed by atoms with Crippen molar-refractivity contribution in [3.8, 4) is 11.5 Å². The molecule has 0 saturated carbocycles. The molecule has 0 aliphatic carbocycles. The summed E-state index contributed by atoms with van der Waals surface area (Å²) in [5.41, 5.74) is 7.56. The third kappa shape index (κ3) is 5.78. The van der Waals surface area contributed by atoms with Crippen LogP contribution in [0.15, 0.2) is 72.8 Å². The number of aryl methyl sites for hydroxylation is 1. The van der Waals surface area contributed by atoms with Gasteiger partial charge in [0, 0.05) is 44.0 Å². The maximum absolute atomic E-state index is 13.2. The van der Waals surface area contributed by atoms with Gasteiger partial charge in [0.05, 0.1) is 0 Å². The van der Waals surface area contributed by atoms with Gasteiger partial charge in [-0.2, -0.15) is 0 Å². The Morgan fingerprint density at radius 1 is 1.06 bits per heavy atom. The largest absolute Gasteiger partial charge is 0.457 e. The molecule has 1 saturated heterocycles. The predicted molar refractivity (Wildman–Crippen MR) is 141 cm³/mol. The van der Waals surface area contributed by atoms with E-state index in [2.05, 4.69) is 0 Å². The van der Waals surface area contributed by atoms with Crippen LogP contribution in [0, 0.1) is 6.92 Å². The first kappa shape index (κ1) is 25.9. The van der Waals surface area contributed by atoms with Crippen molar-refractivity contribution >= 4 is 5.91 Å². The fraction of sp³-hybridized carbons (Fsp3) is 0.367. The van der Waals surface area contributed by atoms with Gasteiger partial charge in [-0.1, -0.05) is 48.5 Å². The molecule has 190 valence electrons. The number of unbranched alkanes of at least 4 members (excludes halogenated alkanes) is 1. The molecule has 0 bridgehead atoms. The lowest BCUT2D eigenvalue weighted by Crippen LogP contribution is -2.32. The SMILES string of the molecule is COCCCCC(O)(c1cccc(C(=O)N2CCC(N)C2)c1)c1ccccc1Oc1ccccc1C. The number of aliphatic hydroxyl groups is 1. The van der Waals surface area contributed by atoms with Gasteiger partial charge in [0.15, 0.2) is 0 Å². The Kier molecular flexibility index (Phi) is 8.41. The second-order valence-corrected chi connectivity index (χ2v) is 9.55. The number of nitrogens with zero attached hydrogens (tertiary/aromatic N) is 1. The molecular weight excluding hydrogens is 452 g/mol. The van der Waals surface area contributed by atoms with Gasteiger partial charge in [-0.3, -0.25) is 4.79 Å². The molecule has 1 aliphatic heterocycles. The van der Waals surface area contributed by atoms with Crippen molar-refractivity contribution < 1.29 is 19.4 Å². The quantitative estimate of drug-likeness (QED) is 0.392. The zero-order chi connectivity index (χ0) is 25.5. The number of methoxy groups -OCH3 is 1. The summed E-state index contributed by atoms with van der Waals surface area (Å²) in [6.07, 6.45) is 2.81. The minimum atomic E-state index is -1.36. The summed E-state index contributed by atoms with van der Waals surface area (Å²) in [6, 6.07) is 22.7. The number of rotatable bonds is 10. The summed E-state index contributed by atoms with van der Waals surface area (Å²) in [4.78, 5) is 15.0. The first-order chi connectivity index (χ1) is 17.4. The number of ether oxygens (including phenoxy) is 2. The molecule has 2 unspecified atom stereocenters. The highest BCUT2D eigenvalue weighted by Gasteiger charge is 2.35. The fourth-order valence-corrected chi connectivity index (χ4v) is 4.81. The van der Waals surface area contributed by atoms with Gasteiger partial charge in [-0.05, 0) is 68.0 Å². The number of hydrogen-bond donors (Lipinski definition) is 2. The zero-order valence-corrected chi connectivity index (χ0v) is 21.2. The molecule has 2 atom stereocenters. The van der Waals surface area contributed by atoms with Gasteiger partial charge in [0.2, 0.25) is 0 Å². The molecule has 1 heterocycles. The predicted octanol–water partition coefficient (Wildman–Crippen LogP) is 5.01. The van der Waals surface area contributed by atoms with Crippen LogP contribution in [-0.2, 0) is 10.3 Å². The van der Waals surface area contributed by atoms with E-state index in [-0.39, 0.29) is 11.9 Å². The molecule has 0 spiro atoms. The summed E-state index contributed by atoms with van der Waals surface area (Å²) in [5, 5.41) is 12.3. The van der Waals surface area contributed by atoms with Gasteiger partial charge >= 0.3 is 0 Å². The van der Waals surface area contributed by atoms with E-state index in [0.29, 0.717) is 48.6 Å². The van der Waals surface area contributed by atoms with Gasteiger partial charge < -0.3 is 25.2 Å². The summed E-state index contributed by atoms with van der Waals surface area (Å²) < 4.78 is 11.6. The van der Waals surface area contributed by atoms with E-state index in [9.17, 15) is 9.90 Å². The van der Waals surface area contributed by atoms with Crippen LogP contribution in [0.5, 0.6) is 11.5 Å². The molecule has 3 N–H and O–H groups in total. The first-order valence-corrected chi connectivity index (χ1v) is 12.6. The molecule has 0 aromatic heterocycles. The lowest BCUT2D eigenvalue weighted by Gasteiger charge is -2.32. The Balaban J connectivity index is 1.72. The molecule has 3 aromatic carbocycles. The van der Waals surface area contributed by atoms with E-state index in [1.54, 1.807) is 18.1 Å². The lowest BCUT2D eigenvalue weighted by molar-refractivity contribution is 0.0628. The standard InChI is InChI=1S/C30H36N2O4/c1-22-10-3-5-14-27(22)36-28-15-6-4-13-26(28)30(34,17-7-8-19-35-2)24-12-9-11-23(20-24)29(33)32-18-16-25(31)21-32/h3-6,9-15,20,25,34H,7-8,16-19,21,31H2,1-2H3. The van der Waals surface area contributed by atoms with E-state index in [1.807, 2.05) is 73.7 Å². The van der Waals surface area contributed by atoms with Crippen molar-refractivity contribution in [2.45, 2.75) is 44.2 Å². The van der Waals surface area contributed by atoms with Crippen LogP contribution < -0.4 is 10.5 Å². The highest BCUT2D eigenvalue weighted by Crippen LogP contribution is 2.41. The first-order valence-electron chi connectivity index (χ1n) is 12.6. The lowest BCUT2D eigenvalue weighted by atomic mass is 9.81. The molecule has 1 fully saturated rings. The van der Waals surface area contributed by atoms with Crippen LogP contribution in [0.2, 0.25) is 0 Å². The van der Waals surface area contributed by atoms with Gasteiger partial charge in [-0.25, -0.2) is 0 Å². The number of carbonyl (C=O) groups is 1. The van der Waals surface area contributed by atoms with E-state index >= 15 is 0 Å². The zero-order valence-electron chi connectivity index (χ0n) is 21.2. The summed E-state index contributed by atoms with van der Waals surface area (Å²) in [6.45, 7) is 3.81. The summed E-state index contributed by atoms with van der Waals surface area (Å²) in [7, 11) is 1.68. The van der Waals surface area contributed by atoms with Crippen molar-refractivity contribution in [2.75, 3.05) is 26.8 Å². The minimum Gasteiger partial charge on any atom is -0.457 e. The summed E-state index contributed by atoms with van der Waals surface area (Å²) in [5.74, 6) is 1.26. The van der Waals surface area contributed by atoms with Crippen LogP contribution in [0.3, 0.4) is 0 Å². The van der Waals surface area contributed by atoms with Crippen LogP contribution in [0.25, 0.3) is 0 Å². The van der Waals surface area contributed by atoms with Crippen molar-refractivity contribution in [1.29, 1.82) is 0 Å². The van der Waals surface area contributed by atoms with E-state index in [4.69, 9.17) is 15.2 Å². The highest BCUT2D eigenvalue weighted by molar-refractivity contribution is 5.94. The van der Waals surface area contributed by atoms with Crippen molar-refractivity contribution in [2.24, 2.45) is 5.73 Å². The highest BCUT2D eigenvalue weighted by atomic mass is 16.5. The second-order valence-electron chi connectivity index (χ2n) is 9.55. The third-order valence-corrected chi connectivity index (χ3v) is 6.88. The van der Waals surface area contributed by atoms with E-state index in [1.165, 1.54) is 0 Å². The molecule has 1 amide bonds. The maximum atomic E-state index is 13.2. The Morgan fingerprint density at radius 2 is 1.81 bits per heavy atom. The van der Waals surface area contributed by atoms with Crippen LogP contribution in [0.1, 0.15) is 52.7 Å². The number of benzene rings is 3. The number of hydrogen-bond acceptors (Lipinski definition) is 5. The monoisotopic (exact) mass is 488 g/mol. The number of nitrogens with two attached hydrogens (primary N) is 1. The van der Waals surface area contributed by atoms with E-state index < -0.39 is 5.60 Å².